The summed E-state index contributed by atoms with van der Waals surface area (Å²) in [6, 6.07) is 19.9. The zero-order chi connectivity index (χ0) is 27.6. The summed E-state index contributed by atoms with van der Waals surface area (Å²) in [7, 11) is 0.211. The molecular weight excluding hydrogens is 532 g/mol. The molecule has 0 N–H and O–H groups in total. The standard InChI is InChI=1S/C29H32N4O4S2/c1-4-37-25-10-7-11-26-27(25)30-29(38-26)33(19-18-31(2)3)28(34)22-12-14-24(15-13-22)39(35,36)32-17-16-21-8-5-6-9-23(21)20-32/h5-15H,4,16-20H2,1-3H3. The summed E-state index contributed by atoms with van der Waals surface area (Å²) in [5, 5.41) is 0.577. The lowest BCUT2D eigenvalue weighted by Crippen LogP contribution is -2.37. The molecule has 1 aromatic heterocycles. The number of hydrogen-bond acceptors (Lipinski definition) is 7. The molecule has 0 spiro atoms. The summed E-state index contributed by atoms with van der Waals surface area (Å²) in [6.07, 6.45) is 0.681. The minimum Gasteiger partial charge on any atom is -0.492 e. The van der Waals surface area contributed by atoms with Crippen LogP contribution in [0.5, 0.6) is 5.75 Å². The summed E-state index contributed by atoms with van der Waals surface area (Å²) in [5.74, 6) is 0.456. The first-order valence-corrected chi connectivity index (χ1v) is 15.2. The molecule has 204 valence electrons. The van der Waals surface area contributed by atoms with Crippen molar-refractivity contribution in [2.24, 2.45) is 0 Å². The van der Waals surface area contributed by atoms with Gasteiger partial charge in [0.15, 0.2) is 5.13 Å². The van der Waals surface area contributed by atoms with Crippen molar-refractivity contribution >= 4 is 42.6 Å². The Bertz CT molecular complexity index is 1580. The average Bonchev–Trinajstić information content (AvgIpc) is 3.38. The van der Waals surface area contributed by atoms with Gasteiger partial charge in [-0.15, -0.1) is 0 Å². The monoisotopic (exact) mass is 564 g/mol. The molecule has 2 heterocycles. The highest BCUT2D eigenvalue weighted by Crippen LogP contribution is 2.35. The Hall–Kier alpha value is -3.31. The lowest BCUT2D eigenvalue weighted by atomic mass is 10.0. The number of thiazole rings is 1. The van der Waals surface area contributed by atoms with Crippen LogP contribution < -0.4 is 9.64 Å². The third kappa shape index (κ3) is 5.69. The van der Waals surface area contributed by atoms with Gasteiger partial charge < -0.3 is 9.64 Å². The van der Waals surface area contributed by atoms with Gasteiger partial charge in [-0.25, -0.2) is 13.4 Å². The zero-order valence-electron chi connectivity index (χ0n) is 22.3. The number of amides is 1. The largest absolute Gasteiger partial charge is 0.492 e. The number of ether oxygens (including phenoxy) is 1. The molecule has 0 bridgehead atoms. The number of para-hydroxylation sites is 1. The van der Waals surface area contributed by atoms with E-state index in [1.807, 2.05) is 68.4 Å². The first-order valence-electron chi connectivity index (χ1n) is 12.9. The van der Waals surface area contributed by atoms with Crippen LogP contribution in [-0.2, 0) is 23.0 Å². The summed E-state index contributed by atoms with van der Waals surface area (Å²) in [6.45, 7) is 4.30. The minimum absolute atomic E-state index is 0.180. The Balaban J connectivity index is 1.41. The number of likely N-dealkylation sites (N-methyl/N-ethyl adjacent to an activating group) is 1. The predicted octanol–water partition coefficient (Wildman–Crippen LogP) is 4.65. The number of hydrogen-bond donors (Lipinski definition) is 0. The van der Waals surface area contributed by atoms with E-state index in [0.717, 1.165) is 15.8 Å². The van der Waals surface area contributed by atoms with Crippen LogP contribution in [0, 0.1) is 0 Å². The first kappa shape index (κ1) is 27.3. The highest BCUT2D eigenvalue weighted by atomic mass is 32.2. The number of carbonyl (C=O) groups is 1. The molecule has 5 rings (SSSR count). The van der Waals surface area contributed by atoms with Gasteiger partial charge in [-0.05, 0) is 75.0 Å². The summed E-state index contributed by atoms with van der Waals surface area (Å²) in [4.78, 5) is 22.3. The molecule has 0 saturated heterocycles. The molecule has 0 unspecified atom stereocenters. The van der Waals surface area contributed by atoms with Crippen molar-refractivity contribution in [1.82, 2.24) is 14.2 Å². The number of rotatable bonds is 9. The van der Waals surface area contributed by atoms with Crippen LogP contribution in [0.3, 0.4) is 0 Å². The van der Waals surface area contributed by atoms with Crippen molar-refractivity contribution in [3.8, 4) is 5.75 Å². The lowest BCUT2D eigenvalue weighted by molar-refractivity contribution is 0.0985. The van der Waals surface area contributed by atoms with Crippen LogP contribution in [0.25, 0.3) is 10.2 Å². The summed E-state index contributed by atoms with van der Waals surface area (Å²) >= 11 is 1.43. The zero-order valence-corrected chi connectivity index (χ0v) is 24.0. The van der Waals surface area contributed by atoms with Gasteiger partial charge in [0.2, 0.25) is 10.0 Å². The summed E-state index contributed by atoms with van der Waals surface area (Å²) < 4.78 is 35.0. The van der Waals surface area contributed by atoms with Gasteiger partial charge >= 0.3 is 0 Å². The molecule has 0 saturated carbocycles. The predicted molar refractivity (Wildman–Crippen MR) is 155 cm³/mol. The Labute approximate surface area is 233 Å². The second kappa shape index (κ2) is 11.4. The molecule has 0 fully saturated rings. The fourth-order valence-electron chi connectivity index (χ4n) is 4.63. The number of sulfonamides is 1. The quantitative estimate of drug-likeness (QED) is 0.294. The number of fused-ring (bicyclic) bond motifs is 2. The van der Waals surface area contributed by atoms with Gasteiger partial charge in [0.1, 0.15) is 11.3 Å². The van der Waals surface area contributed by atoms with Crippen molar-refractivity contribution in [1.29, 1.82) is 0 Å². The Kier molecular flexibility index (Phi) is 7.99. The third-order valence-electron chi connectivity index (χ3n) is 6.75. The minimum atomic E-state index is -3.69. The van der Waals surface area contributed by atoms with Crippen LogP contribution in [-0.4, -0.2) is 68.9 Å². The molecule has 39 heavy (non-hydrogen) atoms. The molecule has 10 heteroatoms. The van der Waals surface area contributed by atoms with E-state index >= 15 is 0 Å². The molecule has 0 aliphatic carbocycles. The van der Waals surface area contributed by atoms with Gasteiger partial charge in [-0.2, -0.15) is 4.31 Å². The maximum atomic E-state index is 13.7. The number of nitrogens with zero attached hydrogens (tertiary/aromatic N) is 4. The van der Waals surface area contributed by atoms with E-state index in [4.69, 9.17) is 9.72 Å². The molecular formula is C29H32N4O4S2. The first-order chi connectivity index (χ1) is 18.8. The Morgan fingerprint density at radius 1 is 1.00 bits per heavy atom. The van der Waals surface area contributed by atoms with E-state index < -0.39 is 10.0 Å². The van der Waals surface area contributed by atoms with Crippen LogP contribution in [0.4, 0.5) is 5.13 Å². The second-order valence-corrected chi connectivity index (χ2v) is 12.6. The summed E-state index contributed by atoms with van der Waals surface area (Å²) in [5.41, 5.74) is 3.34. The molecule has 3 aromatic carbocycles. The van der Waals surface area contributed by atoms with E-state index in [-0.39, 0.29) is 10.8 Å². The fraction of sp³-hybridized carbons (Fsp3) is 0.310. The molecule has 8 nitrogen and oxygen atoms in total. The molecule has 1 aliphatic heterocycles. The van der Waals surface area contributed by atoms with Crippen LogP contribution in [0.2, 0.25) is 0 Å². The van der Waals surface area contributed by atoms with Crippen molar-refractivity contribution in [3.63, 3.8) is 0 Å². The molecule has 1 amide bonds. The maximum absolute atomic E-state index is 13.7. The maximum Gasteiger partial charge on any atom is 0.260 e. The fourth-order valence-corrected chi connectivity index (χ4v) is 7.06. The van der Waals surface area contributed by atoms with Gasteiger partial charge in [0.05, 0.1) is 16.2 Å². The average molecular weight is 565 g/mol. The Morgan fingerprint density at radius 2 is 1.74 bits per heavy atom. The van der Waals surface area contributed by atoms with Crippen molar-refractivity contribution < 1.29 is 17.9 Å². The Morgan fingerprint density at radius 3 is 2.46 bits per heavy atom. The van der Waals surface area contributed by atoms with Crippen molar-refractivity contribution in [2.75, 3.05) is 45.2 Å². The molecule has 4 aromatic rings. The smallest absolute Gasteiger partial charge is 0.260 e. The normalized spacial score (nSPS) is 13.9. The number of aromatic nitrogens is 1. The lowest BCUT2D eigenvalue weighted by Gasteiger charge is -2.28. The van der Waals surface area contributed by atoms with E-state index in [9.17, 15) is 13.2 Å². The van der Waals surface area contributed by atoms with E-state index in [0.29, 0.717) is 55.7 Å². The molecule has 0 radical (unpaired) electrons. The van der Waals surface area contributed by atoms with E-state index in [2.05, 4.69) is 0 Å². The van der Waals surface area contributed by atoms with Crippen LogP contribution in [0.15, 0.2) is 71.6 Å². The van der Waals surface area contributed by atoms with E-state index in [1.54, 1.807) is 17.0 Å². The highest BCUT2D eigenvalue weighted by molar-refractivity contribution is 7.89. The SMILES string of the molecule is CCOc1cccc2sc(N(CCN(C)C)C(=O)c3ccc(S(=O)(=O)N4CCc5ccccc5C4)cc3)nc12. The van der Waals surface area contributed by atoms with Crippen molar-refractivity contribution in [2.45, 2.75) is 24.8 Å². The number of carbonyl (C=O) groups excluding carboxylic acids is 1. The highest BCUT2D eigenvalue weighted by Gasteiger charge is 2.29. The van der Waals surface area contributed by atoms with Crippen LogP contribution in [0.1, 0.15) is 28.4 Å². The third-order valence-corrected chi connectivity index (χ3v) is 9.66. The topological polar surface area (TPSA) is 83.0 Å². The van der Waals surface area contributed by atoms with Gasteiger partial charge in [0, 0.05) is 31.7 Å². The van der Waals surface area contributed by atoms with Crippen molar-refractivity contribution in [3.05, 3.63) is 83.4 Å². The van der Waals surface area contributed by atoms with Crippen LogP contribution >= 0.6 is 11.3 Å². The molecule has 0 atom stereocenters. The van der Waals surface area contributed by atoms with Gasteiger partial charge in [-0.1, -0.05) is 41.7 Å². The van der Waals surface area contributed by atoms with Gasteiger partial charge in [0.25, 0.3) is 5.91 Å². The van der Waals surface area contributed by atoms with Gasteiger partial charge in [-0.3, -0.25) is 9.69 Å². The second-order valence-electron chi connectivity index (χ2n) is 9.67. The number of benzene rings is 3. The molecule has 1 aliphatic rings. The number of anilines is 1. The van der Waals surface area contributed by atoms with E-state index in [1.165, 1.54) is 33.3 Å².